The summed E-state index contributed by atoms with van der Waals surface area (Å²) in [5.41, 5.74) is -0.799. The molecular formula is C17H11F4N3OS. The van der Waals surface area contributed by atoms with E-state index in [-0.39, 0.29) is 10.8 Å². The lowest BCUT2D eigenvalue weighted by Crippen LogP contribution is -2.14. The lowest BCUT2D eigenvalue weighted by molar-refractivity contribution is -0.140. The van der Waals surface area contributed by atoms with Gasteiger partial charge in [-0.2, -0.15) is 13.2 Å². The summed E-state index contributed by atoms with van der Waals surface area (Å²) < 4.78 is 65.3. The molecule has 0 bridgehead atoms. The summed E-state index contributed by atoms with van der Waals surface area (Å²) in [4.78, 5) is 7.61. The van der Waals surface area contributed by atoms with Crippen LogP contribution in [0.1, 0.15) is 5.56 Å². The standard InChI is InChI=1S/C17H11F4N3OS/c18-11-6-8-12(9-7-11)23-16-22-10-14(17(19,20)21)15(24-16)26(25)13-4-2-1-3-5-13/h1-10H,(H,22,23,24). The molecular weight excluding hydrogens is 370 g/mol. The summed E-state index contributed by atoms with van der Waals surface area (Å²) in [7, 11) is -2.15. The van der Waals surface area contributed by atoms with Crippen molar-refractivity contribution in [3.8, 4) is 0 Å². The number of anilines is 2. The molecule has 1 unspecified atom stereocenters. The predicted octanol–water partition coefficient (Wildman–Crippen LogP) is 4.54. The molecule has 0 aliphatic rings. The molecule has 3 aromatic rings. The molecule has 134 valence electrons. The van der Waals surface area contributed by atoms with Gasteiger partial charge in [0.05, 0.1) is 0 Å². The highest BCUT2D eigenvalue weighted by Gasteiger charge is 2.37. The van der Waals surface area contributed by atoms with Crippen LogP contribution >= 0.6 is 0 Å². The van der Waals surface area contributed by atoms with Crippen LogP contribution in [-0.2, 0) is 17.0 Å². The van der Waals surface area contributed by atoms with Crippen molar-refractivity contribution in [2.45, 2.75) is 16.1 Å². The molecule has 9 heteroatoms. The van der Waals surface area contributed by atoms with E-state index in [1.54, 1.807) is 18.2 Å². The fourth-order valence-corrected chi connectivity index (χ4v) is 3.25. The molecule has 2 aromatic carbocycles. The fraction of sp³-hybridized carbons (Fsp3) is 0.0588. The average Bonchev–Trinajstić information content (AvgIpc) is 2.63. The maximum absolute atomic E-state index is 13.3. The minimum absolute atomic E-state index is 0.177. The summed E-state index contributed by atoms with van der Waals surface area (Å²) in [6.07, 6.45) is -4.18. The van der Waals surface area contributed by atoms with Crippen molar-refractivity contribution in [3.63, 3.8) is 0 Å². The SMILES string of the molecule is O=S(c1ccccc1)c1nc(Nc2ccc(F)cc2)ncc1C(F)(F)F. The summed E-state index contributed by atoms with van der Waals surface area (Å²) in [6, 6.07) is 12.8. The number of hydrogen-bond donors (Lipinski definition) is 1. The molecule has 4 nitrogen and oxygen atoms in total. The quantitative estimate of drug-likeness (QED) is 0.532. The normalized spacial score (nSPS) is 12.6. The second-order valence-corrected chi connectivity index (χ2v) is 6.52. The Hall–Kier alpha value is -2.81. The van der Waals surface area contributed by atoms with E-state index in [1.807, 2.05) is 0 Å². The highest BCUT2D eigenvalue weighted by molar-refractivity contribution is 7.85. The fourth-order valence-electron chi connectivity index (χ4n) is 2.08. The first-order valence-electron chi connectivity index (χ1n) is 7.28. The minimum Gasteiger partial charge on any atom is -0.324 e. The molecule has 0 fully saturated rings. The first kappa shape index (κ1) is 18.0. The Bertz CT molecular complexity index is 931. The van der Waals surface area contributed by atoms with E-state index in [1.165, 1.54) is 36.4 Å². The lowest BCUT2D eigenvalue weighted by atomic mass is 10.3. The lowest BCUT2D eigenvalue weighted by Gasteiger charge is -2.13. The molecule has 0 saturated carbocycles. The number of halogens is 4. The van der Waals surface area contributed by atoms with Crippen molar-refractivity contribution in [3.05, 3.63) is 72.2 Å². The average molecular weight is 381 g/mol. The van der Waals surface area contributed by atoms with Crippen LogP contribution in [0.25, 0.3) is 0 Å². The monoisotopic (exact) mass is 381 g/mol. The Morgan fingerprint density at radius 2 is 1.62 bits per heavy atom. The van der Waals surface area contributed by atoms with Crippen LogP contribution in [0, 0.1) is 5.82 Å². The smallest absolute Gasteiger partial charge is 0.324 e. The van der Waals surface area contributed by atoms with Gasteiger partial charge in [-0.3, -0.25) is 0 Å². The van der Waals surface area contributed by atoms with Crippen molar-refractivity contribution in [2.75, 3.05) is 5.32 Å². The molecule has 0 spiro atoms. The van der Waals surface area contributed by atoms with E-state index < -0.39 is 33.4 Å². The third kappa shape index (κ3) is 4.05. The van der Waals surface area contributed by atoms with E-state index in [9.17, 15) is 21.8 Å². The topological polar surface area (TPSA) is 54.9 Å². The molecule has 0 aliphatic heterocycles. The third-order valence-electron chi connectivity index (χ3n) is 3.29. The van der Waals surface area contributed by atoms with E-state index in [4.69, 9.17) is 0 Å². The van der Waals surface area contributed by atoms with Crippen LogP contribution in [0.4, 0.5) is 29.2 Å². The number of benzene rings is 2. The Balaban J connectivity index is 2.02. The van der Waals surface area contributed by atoms with Crippen molar-refractivity contribution in [1.29, 1.82) is 0 Å². The molecule has 1 aromatic heterocycles. The van der Waals surface area contributed by atoms with Crippen LogP contribution in [0.2, 0.25) is 0 Å². The molecule has 1 atom stereocenters. The Labute approximate surface area is 148 Å². The number of rotatable bonds is 4. The predicted molar refractivity (Wildman–Crippen MR) is 87.8 cm³/mol. The second kappa shape index (κ2) is 7.20. The van der Waals surface area contributed by atoms with Gasteiger partial charge < -0.3 is 5.32 Å². The van der Waals surface area contributed by atoms with Crippen LogP contribution in [-0.4, -0.2) is 14.2 Å². The zero-order valence-corrected chi connectivity index (χ0v) is 13.8. The van der Waals surface area contributed by atoms with Crippen molar-refractivity contribution < 1.29 is 21.8 Å². The summed E-state index contributed by atoms with van der Waals surface area (Å²) >= 11 is 0. The van der Waals surface area contributed by atoms with Gasteiger partial charge in [0.1, 0.15) is 27.2 Å². The van der Waals surface area contributed by atoms with Gasteiger partial charge in [0, 0.05) is 16.8 Å². The Morgan fingerprint density at radius 1 is 0.962 bits per heavy atom. The summed E-state index contributed by atoms with van der Waals surface area (Å²) in [5.74, 6) is -0.640. The molecule has 1 heterocycles. The van der Waals surface area contributed by atoms with Crippen LogP contribution in [0.3, 0.4) is 0 Å². The van der Waals surface area contributed by atoms with Crippen molar-refractivity contribution in [2.24, 2.45) is 0 Å². The van der Waals surface area contributed by atoms with Gasteiger partial charge in [0.2, 0.25) is 5.95 Å². The van der Waals surface area contributed by atoms with E-state index >= 15 is 0 Å². The molecule has 26 heavy (non-hydrogen) atoms. The van der Waals surface area contributed by atoms with Gasteiger partial charge in [-0.25, -0.2) is 18.6 Å². The van der Waals surface area contributed by atoms with E-state index in [0.29, 0.717) is 11.9 Å². The largest absolute Gasteiger partial charge is 0.420 e. The van der Waals surface area contributed by atoms with Gasteiger partial charge in [0.15, 0.2) is 0 Å². The van der Waals surface area contributed by atoms with Gasteiger partial charge in [-0.1, -0.05) is 18.2 Å². The van der Waals surface area contributed by atoms with Crippen molar-refractivity contribution in [1.82, 2.24) is 9.97 Å². The maximum atomic E-state index is 13.3. The molecule has 1 N–H and O–H groups in total. The second-order valence-electron chi connectivity index (χ2n) is 5.12. The van der Waals surface area contributed by atoms with E-state index in [2.05, 4.69) is 15.3 Å². The zero-order valence-electron chi connectivity index (χ0n) is 13.0. The zero-order chi connectivity index (χ0) is 18.7. The highest BCUT2D eigenvalue weighted by Crippen LogP contribution is 2.34. The first-order chi connectivity index (χ1) is 12.3. The van der Waals surface area contributed by atoms with Gasteiger partial charge in [-0.05, 0) is 36.4 Å². The number of nitrogens with zero attached hydrogens (tertiary/aromatic N) is 2. The van der Waals surface area contributed by atoms with Crippen LogP contribution < -0.4 is 5.32 Å². The third-order valence-corrected chi connectivity index (χ3v) is 4.66. The Kier molecular flexibility index (Phi) is 4.99. The number of nitrogens with one attached hydrogen (secondary N) is 1. The maximum Gasteiger partial charge on any atom is 0.420 e. The highest BCUT2D eigenvalue weighted by atomic mass is 32.2. The van der Waals surface area contributed by atoms with Gasteiger partial charge in [0.25, 0.3) is 0 Å². The number of aromatic nitrogens is 2. The van der Waals surface area contributed by atoms with Crippen molar-refractivity contribution >= 4 is 22.4 Å². The number of hydrogen-bond acceptors (Lipinski definition) is 4. The Morgan fingerprint density at radius 3 is 2.23 bits per heavy atom. The summed E-state index contributed by atoms with van der Waals surface area (Å²) in [5, 5.41) is 2.02. The molecule has 0 amide bonds. The van der Waals surface area contributed by atoms with E-state index in [0.717, 1.165) is 0 Å². The number of alkyl halides is 3. The molecule has 0 aliphatic carbocycles. The van der Waals surface area contributed by atoms with Crippen LogP contribution in [0.15, 0.2) is 70.7 Å². The molecule has 3 rings (SSSR count). The van der Waals surface area contributed by atoms with Gasteiger partial charge >= 0.3 is 6.18 Å². The molecule has 0 saturated heterocycles. The first-order valence-corrected chi connectivity index (χ1v) is 8.43. The summed E-state index contributed by atoms with van der Waals surface area (Å²) in [6.45, 7) is 0. The molecule has 0 radical (unpaired) electrons. The van der Waals surface area contributed by atoms with Gasteiger partial charge in [-0.15, -0.1) is 0 Å². The minimum atomic E-state index is -4.76. The van der Waals surface area contributed by atoms with Crippen LogP contribution in [0.5, 0.6) is 0 Å².